The summed E-state index contributed by atoms with van der Waals surface area (Å²) in [4.78, 5) is 2.69. The molecule has 2 aliphatic heterocycles. The number of piperidine rings is 1. The average molecular weight is 288 g/mol. The third-order valence-corrected chi connectivity index (χ3v) is 5.35. The molecule has 116 valence electrons. The normalized spacial score (nSPS) is 29.8. The van der Waals surface area contributed by atoms with Gasteiger partial charge in [-0.15, -0.1) is 0 Å². The lowest BCUT2D eigenvalue weighted by Crippen LogP contribution is -2.49. The molecule has 3 heteroatoms. The first-order valence-corrected chi connectivity index (χ1v) is 8.52. The lowest BCUT2D eigenvalue weighted by Gasteiger charge is -2.41. The maximum absolute atomic E-state index is 9.51. The van der Waals surface area contributed by atoms with E-state index in [0.29, 0.717) is 17.8 Å². The number of fused-ring (bicyclic) bond motifs is 2. The Balaban J connectivity index is 1.78. The van der Waals surface area contributed by atoms with Gasteiger partial charge in [-0.1, -0.05) is 26.0 Å². The van der Waals surface area contributed by atoms with Crippen molar-refractivity contribution in [2.45, 2.75) is 70.1 Å². The second kappa shape index (κ2) is 6.37. The van der Waals surface area contributed by atoms with Gasteiger partial charge in [-0.25, -0.2) is 0 Å². The number of hydrogen-bond donors (Lipinski definition) is 2. The van der Waals surface area contributed by atoms with Crippen molar-refractivity contribution in [1.29, 1.82) is 0 Å². The molecule has 2 N–H and O–H groups in total. The Kier molecular flexibility index (Phi) is 4.51. The van der Waals surface area contributed by atoms with Crippen molar-refractivity contribution in [3.05, 3.63) is 29.8 Å². The van der Waals surface area contributed by atoms with Gasteiger partial charge in [0.15, 0.2) is 0 Å². The minimum Gasteiger partial charge on any atom is -0.508 e. The van der Waals surface area contributed by atoms with Crippen molar-refractivity contribution >= 4 is 0 Å². The molecule has 1 aromatic carbocycles. The summed E-state index contributed by atoms with van der Waals surface area (Å²) in [7, 11) is 0. The van der Waals surface area contributed by atoms with Gasteiger partial charge in [-0.05, 0) is 56.3 Å². The van der Waals surface area contributed by atoms with Crippen LogP contribution in [-0.2, 0) is 0 Å². The quantitative estimate of drug-likeness (QED) is 0.871. The molecule has 21 heavy (non-hydrogen) atoms. The topological polar surface area (TPSA) is 35.5 Å². The SMILES string of the molecule is CCC(c1ccc(O)cc1)N(CC)C1CC2CCC(C1)N2. The minimum absolute atomic E-state index is 0.358. The lowest BCUT2D eigenvalue weighted by molar-refractivity contribution is 0.0966. The number of nitrogens with zero attached hydrogens (tertiary/aromatic N) is 1. The van der Waals surface area contributed by atoms with Crippen molar-refractivity contribution in [3.63, 3.8) is 0 Å². The van der Waals surface area contributed by atoms with Crippen molar-refractivity contribution in [2.75, 3.05) is 6.54 Å². The Bertz CT molecular complexity index is 447. The summed E-state index contributed by atoms with van der Waals surface area (Å²) in [6.45, 7) is 5.66. The van der Waals surface area contributed by atoms with E-state index in [4.69, 9.17) is 0 Å². The number of phenolic OH excluding ortho intramolecular Hbond substituents is 1. The van der Waals surface area contributed by atoms with Crippen LogP contribution in [0, 0.1) is 0 Å². The summed E-state index contributed by atoms with van der Waals surface area (Å²) in [6.07, 6.45) is 6.42. The fraction of sp³-hybridized carbons (Fsp3) is 0.667. The van der Waals surface area contributed by atoms with E-state index in [9.17, 15) is 5.11 Å². The summed E-state index contributed by atoms with van der Waals surface area (Å²) in [6, 6.07) is 10.4. The molecular formula is C18H28N2O. The fourth-order valence-corrected chi connectivity index (χ4v) is 4.39. The molecule has 3 nitrogen and oxygen atoms in total. The molecule has 0 aliphatic carbocycles. The minimum atomic E-state index is 0.358. The van der Waals surface area contributed by atoms with Crippen molar-refractivity contribution in [3.8, 4) is 5.75 Å². The molecule has 3 rings (SSSR count). The zero-order valence-electron chi connectivity index (χ0n) is 13.3. The smallest absolute Gasteiger partial charge is 0.115 e. The van der Waals surface area contributed by atoms with E-state index in [1.807, 2.05) is 12.1 Å². The van der Waals surface area contributed by atoms with Crippen LogP contribution >= 0.6 is 0 Å². The van der Waals surface area contributed by atoms with Crippen LogP contribution < -0.4 is 5.32 Å². The molecule has 3 unspecified atom stereocenters. The zero-order chi connectivity index (χ0) is 14.8. The predicted octanol–water partition coefficient (Wildman–Crippen LogP) is 3.45. The number of nitrogens with one attached hydrogen (secondary N) is 1. The molecule has 1 aromatic rings. The first-order chi connectivity index (χ1) is 10.2. The Hall–Kier alpha value is -1.06. The maximum Gasteiger partial charge on any atom is 0.115 e. The average Bonchev–Trinajstić information content (AvgIpc) is 2.84. The van der Waals surface area contributed by atoms with Gasteiger partial charge in [0.25, 0.3) is 0 Å². The van der Waals surface area contributed by atoms with Gasteiger partial charge < -0.3 is 10.4 Å². The first kappa shape index (κ1) is 14.9. The Morgan fingerprint density at radius 3 is 2.29 bits per heavy atom. The monoisotopic (exact) mass is 288 g/mol. The van der Waals surface area contributed by atoms with Crippen LogP contribution in [0.1, 0.15) is 57.6 Å². The van der Waals surface area contributed by atoms with Crippen LogP contribution in [0.25, 0.3) is 0 Å². The molecule has 3 atom stereocenters. The van der Waals surface area contributed by atoms with Gasteiger partial charge in [0.05, 0.1) is 0 Å². The van der Waals surface area contributed by atoms with Gasteiger partial charge >= 0.3 is 0 Å². The predicted molar refractivity (Wildman–Crippen MR) is 86.5 cm³/mol. The number of aromatic hydroxyl groups is 1. The summed E-state index contributed by atoms with van der Waals surface area (Å²) in [5.41, 5.74) is 1.34. The van der Waals surface area contributed by atoms with E-state index < -0.39 is 0 Å². The lowest BCUT2D eigenvalue weighted by atomic mass is 9.93. The summed E-state index contributed by atoms with van der Waals surface area (Å²) in [5, 5.41) is 13.3. The van der Waals surface area contributed by atoms with Crippen LogP contribution in [0.5, 0.6) is 5.75 Å². The molecule has 2 bridgehead atoms. The molecule has 2 fully saturated rings. The van der Waals surface area contributed by atoms with E-state index in [2.05, 4.69) is 36.2 Å². The molecule has 0 amide bonds. The second-order valence-electron chi connectivity index (χ2n) is 6.61. The highest BCUT2D eigenvalue weighted by Crippen LogP contribution is 2.35. The highest BCUT2D eigenvalue weighted by atomic mass is 16.3. The number of rotatable bonds is 5. The van der Waals surface area contributed by atoms with Gasteiger partial charge in [0.2, 0.25) is 0 Å². The Labute approximate surface area is 128 Å². The maximum atomic E-state index is 9.51. The van der Waals surface area contributed by atoms with Gasteiger partial charge in [0, 0.05) is 24.2 Å². The van der Waals surface area contributed by atoms with E-state index in [1.54, 1.807) is 0 Å². The van der Waals surface area contributed by atoms with Gasteiger partial charge in [-0.2, -0.15) is 0 Å². The van der Waals surface area contributed by atoms with Crippen LogP contribution in [0.2, 0.25) is 0 Å². The Morgan fingerprint density at radius 1 is 1.14 bits per heavy atom. The number of phenols is 1. The van der Waals surface area contributed by atoms with Gasteiger partial charge in [0.1, 0.15) is 5.75 Å². The summed E-state index contributed by atoms with van der Waals surface area (Å²) >= 11 is 0. The largest absolute Gasteiger partial charge is 0.508 e. The molecule has 0 saturated carbocycles. The third-order valence-electron chi connectivity index (χ3n) is 5.35. The highest BCUT2D eigenvalue weighted by Gasteiger charge is 2.37. The zero-order valence-corrected chi connectivity index (χ0v) is 13.3. The molecular weight excluding hydrogens is 260 g/mol. The molecule has 0 spiro atoms. The highest BCUT2D eigenvalue weighted by molar-refractivity contribution is 5.28. The van der Waals surface area contributed by atoms with Crippen LogP contribution in [0.4, 0.5) is 0 Å². The second-order valence-corrected chi connectivity index (χ2v) is 6.61. The molecule has 0 radical (unpaired) electrons. The van der Waals surface area contributed by atoms with E-state index >= 15 is 0 Å². The molecule has 2 saturated heterocycles. The summed E-state index contributed by atoms with van der Waals surface area (Å²) in [5.74, 6) is 0.358. The molecule has 2 heterocycles. The van der Waals surface area contributed by atoms with E-state index in [-0.39, 0.29) is 0 Å². The third kappa shape index (κ3) is 3.09. The van der Waals surface area contributed by atoms with Crippen LogP contribution in [0.3, 0.4) is 0 Å². The van der Waals surface area contributed by atoms with Crippen LogP contribution in [0.15, 0.2) is 24.3 Å². The standard InChI is InChI=1S/C18H28N2O/c1-3-18(13-5-9-17(21)10-6-13)20(4-2)16-11-14-7-8-15(12-16)19-14/h5-6,9-10,14-16,18-19,21H,3-4,7-8,11-12H2,1-2H3. The summed E-state index contributed by atoms with van der Waals surface area (Å²) < 4.78 is 0. The van der Waals surface area contributed by atoms with E-state index in [0.717, 1.165) is 25.0 Å². The van der Waals surface area contributed by atoms with Gasteiger partial charge in [-0.3, -0.25) is 4.90 Å². The van der Waals surface area contributed by atoms with Crippen molar-refractivity contribution in [1.82, 2.24) is 10.2 Å². The van der Waals surface area contributed by atoms with Crippen molar-refractivity contribution in [2.24, 2.45) is 0 Å². The fourth-order valence-electron chi connectivity index (χ4n) is 4.39. The van der Waals surface area contributed by atoms with Crippen LogP contribution in [-0.4, -0.2) is 34.7 Å². The number of benzene rings is 1. The van der Waals surface area contributed by atoms with Crippen molar-refractivity contribution < 1.29 is 5.11 Å². The Morgan fingerprint density at radius 2 is 1.76 bits per heavy atom. The van der Waals surface area contributed by atoms with E-state index in [1.165, 1.54) is 31.2 Å². The molecule has 2 aliphatic rings. The number of hydrogen-bond acceptors (Lipinski definition) is 3. The molecule has 0 aromatic heterocycles. The first-order valence-electron chi connectivity index (χ1n) is 8.52.